The third-order valence-electron chi connectivity index (χ3n) is 6.99. The second-order valence-corrected chi connectivity index (χ2v) is 12.6. The van der Waals surface area contributed by atoms with Crippen LogP contribution in [0.2, 0.25) is 0 Å². The molecule has 216 valence electrons. The van der Waals surface area contributed by atoms with Gasteiger partial charge in [0, 0.05) is 13.3 Å². The third kappa shape index (κ3) is 19.2. The molecule has 0 bridgehead atoms. The van der Waals surface area contributed by atoms with E-state index in [-0.39, 0.29) is 13.2 Å². The fourth-order valence-electron chi connectivity index (χ4n) is 4.53. The standard InChI is InChI=1S/C30H56NO4PS/c1-4-6-7-8-9-10-11-12-13-14-15-16-17-18-19-20-21-22-23-24-26-34-36(32,33)35-27-25-30-29(3)31(5-2)28-37-30/h12-13,28H,4-11,14-27H2,1-3H3/p+1. The lowest BCUT2D eigenvalue weighted by Gasteiger charge is -2.11. The molecule has 1 rings (SSSR count). The van der Waals surface area contributed by atoms with E-state index in [1.54, 1.807) is 11.3 Å². The van der Waals surface area contributed by atoms with E-state index in [0.717, 1.165) is 19.4 Å². The molecule has 1 unspecified atom stereocenters. The predicted molar refractivity (Wildman–Crippen MR) is 158 cm³/mol. The van der Waals surface area contributed by atoms with Crippen molar-refractivity contribution in [3.05, 3.63) is 28.2 Å². The highest BCUT2D eigenvalue weighted by atomic mass is 32.1. The zero-order chi connectivity index (χ0) is 27.0. The quantitative estimate of drug-likeness (QED) is 0.0532. The van der Waals surface area contributed by atoms with Gasteiger partial charge >= 0.3 is 7.82 Å². The number of unbranched alkanes of at least 4 members (excludes halogenated alkanes) is 16. The van der Waals surface area contributed by atoms with Gasteiger partial charge < -0.3 is 4.89 Å². The Hall–Kier alpha value is -0.520. The van der Waals surface area contributed by atoms with Crippen LogP contribution < -0.4 is 4.57 Å². The lowest BCUT2D eigenvalue weighted by atomic mass is 10.1. The van der Waals surface area contributed by atoms with E-state index in [2.05, 4.69) is 43.0 Å². The summed E-state index contributed by atoms with van der Waals surface area (Å²) in [7, 11) is -3.95. The maximum absolute atomic E-state index is 12.1. The van der Waals surface area contributed by atoms with E-state index in [9.17, 15) is 9.46 Å². The van der Waals surface area contributed by atoms with Gasteiger partial charge in [0.25, 0.3) is 0 Å². The molecule has 0 aliphatic heterocycles. The Morgan fingerprint density at radius 1 is 0.784 bits per heavy atom. The van der Waals surface area contributed by atoms with Crippen LogP contribution in [0.1, 0.15) is 140 Å². The summed E-state index contributed by atoms with van der Waals surface area (Å²) < 4.78 is 24.5. The third-order valence-corrected chi connectivity index (χ3v) is 9.15. The number of hydrogen-bond acceptors (Lipinski definition) is 4. The van der Waals surface area contributed by atoms with Crippen molar-refractivity contribution in [3.63, 3.8) is 0 Å². The SMILES string of the molecule is CCCCCCCCC=CCCCCCCCCCCCCOP(=O)(O)OCCc1sc[n+](CC)c1C. The van der Waals surface area contributed by atoms with E-state index < -0.39 is 7.82 Å². The molecule has 0 saturated carbocycles. The molecule has 37 heavy (non-hydrogen) atoms. The van der Waals surface area contributed by atoms with Crippen LogP contribution in [0.5, 0.6) is 0 Å². The number of phosphoric ester groups is 1. The second-order valence-electron chi connectivity index (χ2n) is 10.3. The summed E-state index contributed by atoms with van der Waals surface area (Å²) in [4.78, 5) is 11.1. The molecule has 0 fully saturated rings. The van der Waals surface area contributed by atoms with E-state index in [4.69, 9.17) is 9.05 Å². The van der Waals surface area contributed by atoms with Crippen LogP contribution in [0.4, 0.5) is 0 Å². The molecule has 1 N–H and O–H groups in total. The number of nitrogens with zero attached hydrogens (tertiary/aromatic N) is 1. The zero-order valence-corrected chi connectivity index (χ0v) is 26.0. The van der Waals surface area contributed by atoms with Crippen LogP contribution in [0.25, 0.3) is 0 Å². The van der Waals surface area contributed by atoms with E-state index in [1.807, 2.05) is 0 Å². The Morgan fingerprint density at radius 3 is 1.78 bits per heavy atom. The summed E-state index contributed by atoms with van der Waals surface area (Å²) in [6, 6.07) is 0. The number of allylic oxidation sites excluding steroid dienone is 2. The van der Waals surface area contributed by atoms with Gasteiger partial charge in [0.15, 0.2) is 5.69 Å². The van der Waals surface area contributed by atoms with Crippen molar-refractivity contribution in [3.8, 4) is 0 Å². The van der Waals surface area contributed by atoms with E-state index in [0.29, 0.717) is 6.42 Å². The molecule has 1 aromatic rings. The number of hydrogen-bond donors (Lipinski definition) is 1. The van der Waals surface area contributed by atoms with Crippen molar-refractivity contribution in [2.45, 2.75) is 149 Å². The Labute approximate surface area is 232 Å². The molecule has 1 heterocycles. The summed E-state index contributed by atoms with van der Waals surface area (Å²) in [6.45, 7) is 7.87. The van der Waals surface area contributed by atoms with Gasteiger partial charge in [-0.25, -0.2) is 4.57 Å². The van der Waals surface area contributed by atoms with Crippen LogP contribution >= 0.6 is 19.2 Å². The first-order chi connectivity index (χ1) is 18.0. The molecule has 1 atom stereocenters. The van der Waals surface area contributed by atoms with Crippen molar-refractivity contribution in [2.24, 2.45) is 0 Å². The molecule has 7 heteroatoms. The molecule has 0 saturated heterocycles. The molecule has 0 aromatic carbocycles. The van der Waals surface area contributed by atoms with Gasteiger partial charge in [0.2, 0.25) is 5.51 Å². The van der Waals surface area contributed by atoms with Gasteiger partial charge in [-0.3, -0.25) is 9.05 Å². The Morgan fingerprint density at radius 2 is 1.27 bits per heavy atom. The van der Waals surface area contributed by atoms with E-state index in [1.165, 1.54) is 113 Å². The summed E-state index contributed by atoms with van der Waals surface area (Å²) >= 11 is 1.66. The monoisotopic (exact) mass is 558 g/mol. The van der Waals surface area contributed by atoms with Crippen molar-refractivity contribution >= 4 is 19.2 Å². The van der Waals surface area contributed by atoms with Crippen LogP contribution in [0, 0.1) is 6.92 Å². The fourth-order valence-corrected chi connectivity index (χ4v) is 6.34. The van der Waals surface area contributed by atoms with Gasteiger partial charge in [-0.2, -0.15) is 4.57 Å². The highest BCUT2D eigenvalue weighted by molar-refractivity contribution is 7.47. The minimum atomic E-state index is -3.95. The average molecular weight is 559 g/mol. The number of rotatable bonds is 26. The minimum Gasteiger partial charge on any atom is -0.302 e. The number of phosphoric acid groups is 1. The first-order valence-corrected chi connectivity index (χ1v) is 17.6. The molecule has 5 nitrogen and oxygen atoms in total. The summed E-state index contributed by atoms with van der Waals surface area (Å²) in [6.07, 6.45) is 28.5. The van der Waals surface area contributed by atoms with E-state index >= 15 is 0 Å². The van der Waals surface area contributed by atoms with Crippen molar-refractivity contribution in [1.82, 2.24) is 0 Å². The molecule has 0 aliphatic rings. The van der Waals surface area contributed by atoms with Gasteiger partial charge in [-0.15, -0.1) is 0 Å². The minimum absolute atomic E-state index is 0.203. The Bertz CT molecular complexity index is 737. The number of aromatic nitrogens is 1. The maximum Gasteiger partial charge on any atom is 0.472 e. The first-order valence-electron chi connectivity index (χ1n) is 15.2. The molecular formula is C30H57NO4PS+. The van der Waals surface area contributed by atoms with Gasteiger partial charge in [0.05, 0.1) is 18.1 Å². The summed E-state index contributed by atoms with van der Waals surface area (Å²) in [5, 5.41) is 0. The normalized spacial score (nSPS) is 13.5. The largest absolute Gasteiger partial charge is 0.472 e. The van der Waals surface area contributed by atoms with Crippen LogP contribution in [-0.4, -0.2) is 18.1 Å². The van der Waals surface area contributed by atoms with Crippen molar-refractivity contribution in [2.75, 3.05) is 13.2 Å². The maximum atomic E-state index is 12.1. The zero-order valence-electron chi connectivity index (χ0n) is 24.3. The fraction of sp³-hybridized carbons (Fsp3) is 0.833. The topological polar surface area (TPSA) is 59.6 Å². The Kier molecular flexibility index (Phi) is 21.8. The number of thiazole rings is 1. The average Bonchev–Trinajstić information content (AvgIpc) is 3.24. The predicted octanol–water partition coefficient (Wildman–Crippen LogP) is 9.64. The van der Waals surface area contributed by atoms with Crippen LogP contribution in [0.3, 0.4) is 0 Å². The molecule has 1 aromatic heterocycles. The summed E-state index contributed by atoms with van der Waals surface area (Å²) in [5.74, 6) is 0. The molecule has 0 amide bonds. The second kappa shape index (κ2) is 23.4. The highest BCUT2D eigenvalue weighted by Crippen LogP contribution is 2.43. The molecule has 0 radical (unpaired) electrons. The first kappa shape index (κ1) is 34.5. The lowest BCUT2D eigenvalue weighted by molar-refractivity contribution is -0.694. The van der Waals surface area contributed by atoms with Crippen LogP contribution in [0.15, 0.2) is 17.7 Å². The lowest BCUT2D eigenvalue weighted by Crippen LogP contribution is -2.32. The molecular weight excluding hydrogens is 501 g/mol. The van der Waals surface area contributed by atoms with Gasteiger partial charge in [-0.05, 0) is 39.0 Å². The van der Waals surface area contributed by atoms with Gasteiger partial charge in [0.1, 0.15) is 6.54 Å². The van der Waals surface area contributed by atoms with Gasteiger partial charge in [-0.1, -0.05) is 114 Å². The molecule has 0 spiro atoms. The van der Waals surface area contributed by atoms with Crippen LogP contribution in [-0.2, 0) is 26.6 Å². The summed E-state index contributed by atoms with van der Waals surface area (Å²) in [5.41, 5.74) is 3.28. The Balaban J connectivity index is 1.84. The van der Waals surface area contributed by atoms with Crippen molar-refractivity contribution < 1.29 is 23.1 Å². The number of aryl methyl sites for hydroxylation is 1. The molecule has 0 aliphatic carbocycles. The highest BCUT2D eigenvalue weighted by Gasteiger charge is 2.21. The van der Waals surface area contributed by atoms with Crippen molar-refractivity contribution in [1.29, 1.82) is 0 Å². The smallest absolute Gasteiger partial charge is 0.302 e.